The fourth-order valence-corrected chi connectivity index (χ4v) is 3.10. The highest BCUT2D eigenvalue weighted by Gasteiger charge is 2.18. The normalized spacial score (nSPS) is 13.1. The van der Waals surface area contributed by atoms with Gasteiger partial charge in [0, 0.05) is 6.07 Å². The molecule has 0 spiro atoms. The van der Waals surface area contributed by atoms with E-state index in [2.05, 4.69) is 15.8 Å². The molecule has 2 N–H and O–H groups in total. The summed E-state index contributed by atoms with van der Waals surface area (Å²) in [6, 6.07) is 9.16. The van der Waals surface area contributed by atoms with Crippen LogP contribution in [-0.4, -0.2) is 34.1 Å². The van der Waals surface area contributed by atoms with Gasteiger partial charge in [-0.15, -0.1) is 11.8 Å². The van der Waals surface area contributed by atoms with Crippen LogP contribution in [0.5, 0.6) is 5.75 Å². The molecule has 7 nitrogen and oxygen atoms in total. The lowest BCUT2D eigenvalue weighted by atomic mass is 10.1. The number of carbonyl (C=O) groups excluding carboxylic acids is 2. The van der Waals surface area contributed by atoms with Gasteiger partial charge in [-0.05, 0) is 52.3 Å². The molecule has 8 heteroatoms. The smallest absolute Gasteiger partial charge is 0.238 e. The zero-order valence-electron chi connectivity index (χ0n) is 16.8. The lowest BCUT2D eigenvalue weighted by Crippen LogP contribution is -2.30. The van der Waals surface area contributed by atoms with Gasteiger partial charge in [-0.1, -0.05) is 17.3 Å². The Balaban J connectivity index is 1.77. The van der Waals surface area contributed by atoms with Gasteiger partial charge < -0.3 is 19.9 Å². The molecule has 0 aliphatic rings. The van der Waals surface area contributed by atoms with Gasteiger partial charge in [-0.25, -0.2) is 0 Å². The topological polar surface area (TPSA) is 93.5 Å². The minimum atomic E-state index is -0.398. The van der Waals surface area contributed by atoms with Crippen LogP contribution in [0.4, 0.5) is 5.82 Å². The van der Waals surface area contributed by atoms with Crippen molar-refractivity contribution in [1.29, 1.82) is 0 Å². The summed E-state index contributed by atoms with van der Waals surface area (Å²) in [5, 5.41) is 8.93. The standard InChI is InChI=1S/C20H27N3O4S/c1-12(2)26-17-8-6-16(7-9-17)14(4)21-19(24)11-28-15(5)20(25)22-18-10-13(3)27-23-18/h6-10,12,14-15H,11H2,1-5H3,(H,21,24)(H,22,23,25). The van der Waals surface area contributed by atoms with E-state index in [-0.39, 0.29) is 29.7 Å². The number of nitrogens with zero attached hydrogens (tertiary/aromatic N) is 1. The number of benzene rings is 1. The highest BCUT2D eigenvalue weighted by Crippen LogP contribution is 2.19. The number of ether oxygens (including phenoxy) is 1. The molecule has 0 saturated carbocycles. The van der Waals surface area contributed by atoms with Crippen molar-refractivity contribution in [3.05, 3.63) is 41.7 Å². The van der Waals surface area contributed by atoms with Gasteiger partial charge in [0.15, 0.2) is 5.82 Å². The number of thioether (sulfide) groups is 1. The monoisotopic (exact) mass is 405 g/mol. The van der Waals surface area contributed by atoms with Crippen LogP contribution in [0.3, 0.4) is 0 Å². The fourth-order valence-electron chi connectivity index (χ4n) is 2.40. The van der Waals surface area contributed by atoms with Crippen LogP contribution >= 0.6 is 11.8 Å². The molecule has 1 heterocycles. The molecule has 0 aliphatic heterocycles. The Morgan fingerprint density at radius 1 is 1.18 bits per heavy atom. The quantitative estimate of drug-likeness (QED) is 0.661. The van der Waals surface area contributed by atoms with Crippen LogP contribution in [0.25, 0.3) is 0 Å². The Hall–Kier alpha value is -2.48. The van der Waals surface area contributed by atoms with Gasteiger partial charge in [0.25, 0.3) is 0 Å². The second-order valence-corrected chi connectivity index (χ2v) is 8.12. The zero-order valence-corrected chi connectivity index (χ0v) is 17.6. The summed E-state index contributed by atoms with van der Waals surface area (Å²) in [5.74, 6) is 1.63. The van der Waals surface area contributed by atoms with Crippen LogP contribution in [-0.2, 0) is 9.59 Å². The van der Waals surface area contributed by atoms with Crippen LogP contribution in [0.2, 0.25) is 0 Å². The Morgan fingerprint density at radius 3 is 2.43 bits per heavy atom. The lowest BCUT2D eigenvalue weighted by molar-refractivity contribution is -0.119. The molecule has 2 aromatic rings. The molecule has 1 aromatic heterocycles. The number of hydrogen-bond donors (Lipinski definition) is 2. The summed E-state index contributed by atoms with van der Waals surface area (Å²) in [5.41, 5.74) is 0.988. The van der Waals surface area contributed by atoms with E-state index in [1.54, 1.807) is 19.9 Å². The minimum Gasteiger partial charge on any atom is -0.491 e. The van der Waals surface area contributed by atoms with Crippen LogP contribution in [0.15, 0.2) is 34.9 Å². The first kappa shape index (κ1) is 21.8. The van der Waals surface area contributed by atoms with E-state index >= 15 is 0 Å². The number of nitrogens with one attached hydrogen (secondary N) is 2. The molecule has 152 valence electrons. The van der Waals surface area contributed by atoms with Gasteiger partial charge in [0.2, 0.25) is 11.8 Å². The molecule has 0 aliphatic carbocycles. The minimum absolute atomic E-state index is 0.118. The molecule has 0 saturated heterocycles. The predicted octanol–water partition coefficient (Wildman–Crippen LogP) is 3.71. The third-order valence-electron chi connectivity index (χ3n) is 3.84. The maximum atomic E-state index is 12.2. The van der Waals surface area contributed by atoms with E-state index in [1.807, 2.05) is 45.0 Å². The van der Waals surface area contributed by atoms with Crippen molar-refractivity contribution in [2.45, 2.75) is 52.0 Å². The maximum Gasteiger partial charge on any atom is 0.238 e. The molecule has 2 atom stereocenters. The Bertz CT molecular complexity index is 789. The van der Waals surface area contributed by atoms with Crippen molar-refractivity contribution in [3.63, 3.8) is 0 Å². The summed E-state index contributed by atoms with van der Waals surface area (Å²) in [6.45, 7) is 9.36. The van der Waals surface area contributed by atoms with E-state index < -0.39 is 5.25 Å². The maximum absolute atomic E-state index is 12.2. The first-order chi connectivity index (χ1) is 13.2. The van der Waals surface area contributed by atoms with Crippen LogP contribution in [0.1, 0.15) is 45.1 Å². The Kier molecular flexibility index (Phi) is 7.92. The van der Waals surface area contributed by atoms with E-state index in [0.29, 0.717) is 11.6 Å². The highest BCUT2D eigenvalue weighted by molar-refractivity contribution is 8.01. The van der Waals surface area contributed by atoms with Crippen molar-refractivity contribution < 1.29 is 18.8 Å². The number of anilines is 1. The summed E-state index contributed by atoms with van der Waals surface area (Å²) in [7, 11) is 0. The Labute approximate surface area is 169 Å². The third kappa shape index (κ3) is 6.92. The molecule has 2 rings (SSSR count). The summed E-state index contributed by atoms with van der Waals surface area (Å²) in [4.78, 5) is 24.3. The number of rotatable bonds is 9. The third-order valence-corrected chi connectivity index (χ3v) is 4.99. The molecule has 1 aromatic carbocycles. The number of carbonyl (C=O) groups is 2. The molecule has 0 bridgehead atoms. The predicted molar refractivity (Wildman–Crippen MR) is 111 cm³/mol. The molecule has 0 radical (unpaired) electrons. The van der Waals surface area contributed by atoms with Crippen molar-refractivity contribution in [2.24, 2.45) is 0 Å². The second kappa shape index (κ2) is 10.2. The van der Waals surface area contributed by atoms with Gasteiger partial charge in [0.1, 0.15) is 11.5 Å². The first-order valence-corrected chi connectivity index (χ1v) is 10.2. The van der Waals surface area contributed by atoms with Crippen LogP contribution in [0, 0.1) is 6.92 Å². The van der Waals surface area contributed by atoms with Gasteiger partial charge in [0.05, 0.1) is 23.1 Å². The van der Waals surface area contributed by atoms with Crippen LogP contribution < -0.4 is 15.4 Å². The number of amides is 2. The van der Waals surface area contributed by atoms with E-state index in [9.17, 15) is 9.59 Å². The van der Waals surface area contributed by atoms with Gasteiger partial charge >= 0.3 is 0 Å². The SMILES string of the molecule is Cc1cc(NC(=O)C(C)SCC(=O)NC(C)c2ccc(OC(C)C)cc2)no1. The molecule has 28 heavy (non-hydrogen) atoms. The van der Waals surface area contributed by atoms with Gasteiger partial charge in [-0.3, -0.25) is 9.59 Å². The summed E-state index contributed by atoms with van der Waals surface area (Å²) >= 11 is 1.26. The lowest BCUT2D eigenvalue weighted by Gasteiger charge is -2.16. The second-order valence-electron chi connectivity index (χ2n) is 6.79. The van der Waals surface area contributed by atoms with E-state index in [0.717, 1.165) is 11.3 Å². The average Bonchev–Trinajstić information content (AvgIpc) is 3.04. The van der Waals surface area contributed by atoms with E-state index in [1.165, 1.54) is 11.8 Å². The van der Waals surface area contributed by atoms with Gasteiger partial charge in [-0.2, -0.15) is 0 Å². The number of hydrogen-bond acceptors (Lipinski definition) is 6. The van der Waals surface area contributed by atoms with Crippen molar-refractivity contribution in [1.82, 2.24) is 10.5 Å². The van der Waals surface area contributed by atoms with Crippen molar-refractivity contribution in [3.8, 4) is 5.75 Å². The first-order valence-electron chi connectivity index (χ1n) is 9.16. The number of aryl methyl sites for hydroxylation is 1. The van der Waals surface area contributed by atoms with Crippen molar-refractivity contribution >= 4 is 29.4 Å². The molecule has 0 fully saturated rings. The average molecular weight is 406 g/mol. The summed E-state index contributed by atoms with van der Waals surface area (Å²) < 4.78 is 10.5. The largest absolute Gasteiger partial charge is 0.491 e. The fraction of sp³-hybridized carbons (Fsp3) is 0.450. The number of aromatic nitrogens is 1. The Morgan fingerprint density at radius 2 is 1.86 bits per heavy atom. The van der Waals surface area contributed by atoms with Crippen molar-refractivity contribution in [2.75, 3.05) is 11.1 Å². The molecule has 2 amide bonds. The molecular weight excluding hydrogens is 378 g/mol. The zero-order chi connectivity index (χ0) is 20.7. The van der Waals surface area contributed by atoms with E-state index in [4.69, 9.17) is 9.26 Å². The molecule has 2 unspecified atom stereocenters. The highest BCUT2D eigenvalue weighted by atomic mass is 32.2. The molecular formula is C20H27N3O4S. The summed E-state index contributed by atoms with van der Waals surface area (Å²) in [6.07, 6.45) is 0.118.